The van der Waals surface area contributed by atoms with Crippen LogP contribution in [0.15, 0.2) is 71.6 Å². The number of anilines is 1. The molecule has 1 atom stereocenters. The fourth-order valence-electron chi connectivity index (χ4n) is 3.09. The van der Waals surface area contributed by atoms with Gasteiger partial charge in [-0.1, -0.05) is 42.0 Å². The number of sulfonamides is 1. The molecule has 1 N–H and O–H groups in total. The molecule has 32 heavy (non-hydrogen) atoms. The lowest BCUT2D eigenvalue weighted by atomic mass is 10.1. The van der Waals surface area contributed by atoms with Crippen LogP contribution in [0.4, 0.5) is 10.1 Å². The summed E-state index contributed by atoms with van der Waals surface area (Å²) in [5.41, 5.74) is 1.53. The maximum absolute atomic E-state index is 13.4. The lowest BCUT2D eigenvalue weighted by molar-refractivity contribution is 0.0320. The van der Waals surface area contributed by atoms with Gasteiger partial charge >= 0.3 is 5.97 Å². The first-order valence-corrected chi connectivity index (χ1v) is 11.3. The summed E-state index contributed by atoms with van der Waals surface area (Å²) in [7, 11) is -4.10. The highest BCUT2D eigenvalue weighted by atomic mass is 32.2. The van der Waals surface area contributed by atoms with E-state index in [-0.39, 0.29) is 27.5 Å². The predicted molar refractivity (Wildman–Crippen MR) is 119 cm³/mol. The zero-order valence-corrected chi connectivity index (χ0v) is 18.6. The number of esters is 1. The van der Waals surface area contributed by atoms with E-state index in [2.05, 4.69) is 4.72 Å². The largest absolute Gasteiger partial charge is 0.451 e. The number of Topliss-reactive ketones (excluding diaryl/α,β-unsaturated/α-hetero) is 1. The monoisotopic (exact) mass is 455 g/mol. The summed E-state index contributed by atoms with van der Waals surface area (Å²) in [5.74, 6) is -1.79. The number of nitrogens with one attached hydrogen (secondary N) is 1. The first-order chi connectivity index (χ1) is 15.1. The maximum atomic E-state index is 13.4. The van der Waals surface area contributed by atoms with Gasteiger partial charge in [-0.25, -0.2) is 17.6 Å². The Bertz CT molecular complexity index is 1270. The molecule has 0 heterocycles. The van der Waals surface area contributed by atoms with E-state index in [1.807, 2.05) is 6.92 Å². The van der Waals surface area contributed by atoms with Crippen LogP contribution >= 0.6 is 0 Å². The van der Waals surface area contributed by atoms with Crippen LogP contribution in [0, 0.1) is 19.7 Å². The number of aryl methyl sites for hydroxylation is 2. The van der Waals surface area contributed by atoms with Crippen LogP contribution in [0.3, 0.4) is 0 Å². The van der Waals surface area contributed by atoms with Crippen molar-refractivity contribution in [1.82, 2.24) is 0 Å². The molecular weight excluding hydrogens is 433 g/mol. The summed E-state index contributed by atoms with van der Waals surface area (Å²) in [6.07, 6.45) is -1.07. The average Bonchev–Trinajstić information content (AvgIpc) is 2.73. The van der Waals surface area contributed by atoms with Gasteiger partial charge in [-0.3, -0.25) is 9.52 Å². The normalized spacial score (nSPS) is 12.1. The van der Waals surface area contributed by atoms with Crippen molar-refractivity contribution in [3.63, 3.8) is 0 Å². The standard InChI is InChI=1S/C24H22FNO5S/c1-15-8-10-18(11-9-15)23(27)17(3)31-24(28)20-6-4-5-7-21(20)26-32(29,30)22-13-12-19(25)14-16(22)2/h4-14,17,26H,1-3H3. The van der Waals surface area contributed by atoms with Gasteiger partial charge in [0, 0.05) is 5.56 Å². The Hall–Kier alpha value is -3.52. The van der Waals surface area contributed by atoms with Gasteiger partial charge in [0.2, 0.25) is 5.78 Å². The summed E-state index contributed by atoms with van der Waals surface area (Å²) in [4.78, 5) is 25.2. The highest BCUT2D eigenvalue weighted by Crippen LogP contribution is 2.24. The Morgan fingerprint density at radius 2 is 1.62 bits per heavy atom. The van der Waals surface area contributed by atoms with E-state index >= 15 is 0 Å². The van der Waals surface area contributed by atoms with Crippen LogP contribution in [-0.4, -0.2) is 26.3 Å². The molecule has 0 radical (unpaired) electrons. The van der Waals surface area contributed by atoms with E-state index in [1.165, 1.54) is 26.0 Å². The van der Waals surface area contributed by atoms with Crippen LogP contribution in [0.1, 0.15) is 38.8 Å². The number of ether oxygens (including phenoxy) is 1. The molecule has 6 nitrogen and oxygen atoms in total. The number of benzene rings is 3. The number of para-hydroxylation sites is 1. The Morgan fingerprint density at radius 1 is 0.969 bits per heavy atom. The van der Waals surface area contributed by atoms with Crippen LogP contribution in [0.25, 0.3) is 0 Å². The molecule has 8 heteroatoms. The number of hydrogen-bond donors (Lipinski definition) is 1. The van der Waals surface area contributed by atoms with E-state index in [4.69, 9.17) is 4.74 Å². The van der Waals surface area contributed by atoms with Crippen LogP contribution in [0.5, 0.6) is 0 Å². The second kappa shape index (κ2) is 9.32. The van der Waals surface area contributed by atoms with Gasteiger partial charge in [0.05, 0.1) is 16.1 Å². The summed E-state index contributed by atoms with van der Waals surface area (Å²) in [5, 5.41) is 0. The maximum Gasteiger partial charge on any atom is 0.340 e. The molecule has 166 valence electrons. The number of rotatable bonds is 7. The van der Waals surface area contributed by atoms with Crippen molar-refractivity contribution in [3.05, 3.63) is 94.8 Å². The Kier molecular flexibility index (Phi) is 6.74. The molecule has 1 unspecified atom stereocenters. The Morgan fingerprint density at radius 3 is 2.28 bits per heavy atom. The van der Waals surface area contributed by atoms with Crippen LogP contribution in [0.2, 0.25) is 0 Å². The Labute approximate surface area is 186 Å². The molecule has 3 aromatic rings. The average molecular weight is 456 g/mol. The highest BCUT2D eigenvalue weighted by molar-refractivity contribution is 7.92. The third kappa shape index (κ3) is 5.20. The molecule has 0 saturated carbocycles. The molecule has 0 aliphatic carbocycles. The molecule has 0 fully saturated rings. The quantitative estimate of drug-likeness (QED) is 0.413. The summed E-state index contributed by atoms with van der Waals surface area (Å²) >= 11 is 0. The van der Waals surface area contributed by atoms with Crippen molar-refractivity contribution in [2.75, 3.05) is 4.72 Å². The van der Waals surface area contributed by atoms with Gasteiger partial charge in [0.25, 0.3) is 10.0 Å². The van der Waals surface area contributed by atoms with E-state index in [0.29, 0.717) is 5.56 Å². The zero-order valence-electron chi connectivity index (χ0n) is 17.8. The molecule has 0 bridgehead atoms. The molecule has 0 aromatic heterocycles. The van der Waals surface area contributed by atoms with Gasteiger partial charge in [-0.05, 0) is 56.7 Å². The fourth-order valence-corrected chi connectivity index (χ4v) is 4.40. The topological polar surface area (TPSA) is 89.5 Å². The van der Waals surface area contributed by atoms with Crippen LogP contribution in [-0.2, 0) is 14.8 Å². The second-order valence-corrected chi connectivity index (χ2v) is 8.99. The zero-order chi connectivity index (χ0) is 23.5. The molecule has 0 spiro atoms. The SMILES string of the molecule is Cc1ccc(C(=O)C(C)OC(=O)c2ccccc2NS(=O)(=O)c2ccc(F)cc2C)cc1. The first kappa shape index (κ1) is 23.1. The molecule has 0 amide bonds. The van der Waals surface area contributed by atoms with Gasteiger partial charge in [0.15, 0.2) is 6.10 Å². The highest BCUT2D eigenvalue weighted by Gasteiger charge is 2.24. The van der Waals surface area contributed by atoms with Gasteiger partial charge < -0.3 is 4.74 Å². The van der Waals surface area contributed by atoms with E-state index in [1.54, 1.807) is 36.4 Å². The van der Waals surface area contributed by atoms with Crippen molar-refractivity contribution in [1.29, 1.82) is 0 Å². The number of carbonyl (C=O) groups is 2. The number of carbonyl (C=O) groups excluding carboxylic acids is 2. The van der Waals surface area contributed by atoms with Gasteiger partial charge in [0.1, 0.15) is 5.82 Å². The minimum Gasteiger partial charge on any atom is -0.451 e. The molecular formula is C24H22FNO5S. The van der Waals surface area contributed by atoms with Crippen molar-refractivity contribution < 1.29 is 27.1 Å². The summed E-state index contributed by atoms with van der Waals surface area (Å²) in [6, 6.07) is 16.0. The minimum atomic E-state index is -4.10. The molecule has 0 aliphatic rings. The van der Waals surface area contributed by atoms with E-state index < -0.39 is 27.9 Å². The molecule has 3 aromatic carbocycles. The number of hydrogen-bond acceptors (Lipinski definition) is 5. The lowest BCUT2D eigenvalue weighted by Crippen LogP contribution is -2.25. The smallest absolute Gasteiger partial charge is 0.340 e. The predicted octanol–water partition coefficient (Wildman–Crippen LogP) is 4.67. The van der Waals surface area contributed by atoms with Gasteiger partial charge in [-0.15, -0.1) is 0 Å². The third-order valence-electron chi connectivity index (χ3n) is 4.81. The fraction of sp³-hybridized carbons (Fsp3) is 0.167. The Balaban J connectivity index is 1.82. The molecule has 3 rings (SSSR count). The van der Waals surface area contributed by atoms with E-state index in [9.17, 15) is 22.4 Å². The summed E-state index contributed by atoms with van der Waals surface area (Å²) in [6.45, 7) is 4.81. The van der Waals surface area contributed by atoms with E-state index in [0.717, 1.165) is 23.8 Å². The summed E-state index contributed by atoms with van der Waals surface area (Å²) < 4.78 is 46.6. The third-order valence-corrected chi connectivity index (χ3v) is 6.33. The van der Waals surface area contributed by atoms with Crippen molar-refractivity contribution >= 4 is 27.5 Å². The van der Waals surface area contributed by atoms with Gasteiger partial charge in [-0.2, -0.15) is 0 Å². The van der Waals surface area contributed by atoms with Crippen molar-refractivity contribution in [3.8, 4) is 0 Å². The molecule has 0 saturated heterocycles. The molecule has 0 aliphatic heterocycles. The minimum absolute atomic E-state index is 0.0174. The number of ketones is 1. The number of halogens is 1. The van der Waals surface area contributed by atoms with Crippen molar-refractivity contribution in [2.45, 2.75) is 31.8 Å². The first-order valence-electron chi connectivity index (χ1n) is 9.78. The van der Waals surface area contributed by atoms with Crippen molar-refractivity contribution in [2.24, 2.45) is 0 Å². The second-order valence-electron chi connectivity index (χ2n) is 7.34. The van der Waals surface area contributed by atoms with Crippen LogP contribution < -0.4 is 4.72 Å². The lowest BCUT2D eigenvalue weighted by Gasteiger charge is -2.16.